The molecule has 7 heteroatoms. The van der Waals surface area contributed by atoms with E-state index >= 15 is 0 Å². The monoisotopic (exact) mass is 295 g/mol. The smallest absolute Gasteiger partial charge is 0.311 e. The highest BCUT2D eigenvalue weighted by molar-refractivity contribution is 5.48. The quantitative estimate of drug-likeness (QED) is 0.460. The first-order valence-corrected chi connectivity index (χ1v) is 7.03. The number of nitro benzene ring substituents is 1. The summed E-state index contributed by atoms with van der Waals surface area (Å²) in [4.78, 5) is 12.9. The fourth-order valence-corrected chi connectivity index (χ4v) is 2.28. The largest absolute Gasteiger partial charge is 0.490 e. The first kappa shape index (κ1) is 15.7. The molecule has 1 aromatic carbocycles. The second kappa shape index (κ2) is 7.92. The van der Waals surface area contributed by atoms with Gasteiger partial charge in [-0.3, -0.25) is 15.0 Å². The molecule has 0 unspecified atom stereocenters. The molecule has 21 heavy (non-hydrogen) atoms. The summed E-state index contributed by atoms with van der Waals surface area (Å²) in [5.41, 5.74) is 0.884. The highest BCUT2D eigenvalue weighted by Gasteiger charge is 2.15. The van der Waals surface area contributed by atoms with Crippen LogP contribution in [0.5, 0.6) is 5.75 Å². The summed E-state index contributed by atoms with van der Waals surface area (Å²) >= 11 is 0. The van der Waals surface area contributed by atoms with E-state index in [4.69, 9.17) is 9.47 Å². The van der Waals surface area contributed by atoms with E-state index in [1.807, 2.05) is 6.07 Å². The minimum atomic E-state index is -0.421. The van der Waals surface area contributed by atoms with E-state index in [1.165, 1.54) is 7.11 Å². The minimum absolute atomic E-state index is 0.00461. The zero-order valence-corrected chi connectivity index (χ0v) is 12.2. The van der Waals surface area contributed by atoms with Crippen LogP contribution in [0.15, 0.2) is 18.2 Å². The van der Waals surface area contributed by atoms with Crippen LogP contribution in [0.4, 0.5) is 5.69 Å². The molecule has 1 aliphatic rings. The molecule has 1 N–H and O–H groups in total. The topological polar surface area (TPSA) is 76.9 Å². The fourth-order valence-electron chi connectivity index (χ4n) is 2.28. The van der Waals surface area contributed by atoms with Gasteiger partial charge >= 0.3 is 5.69 Å². The van der Waals surface area contributed by atoms with E-state index in [9.17, 15) is 10.1 Å². The molecule has 1 aromatic rings. The molecule has 0 radical (unpaired) electrons. The summed E-state index contributed by atoms with van der Waals surface area (Å²) in [5, 5.41) is 14.3. The molecule has 1 fully saturated rings. The number of hydrogen-bond donors (Lipinski definition) is 1. The third-order valence-electron chi connectivity index (χ3n) is 3.48. The van der Waals surface area contributed by atoms with Crippen LogP contribution in [-0.4, -0.2) is 56.3 Å². The number of nitrogens with zero attached hydrogens (tertiary/aromatic N) is 2. The highest BCUT2D eigenvalue weighted by Crippen LogP contribution is 2.27. The predicted octanol–water partition coefficient (Wildman–Crippen LogP) is 1.03. The van der Waals surface area contributed by atoms with Crippen LogP contribution < -0.4 is 10.1 Å². The molecule has 0 bridgehead atoms. The van der Waals surface area contributed by atoms with E-state index in [-0.39, 0.29) is 11.4 Å². The summed E-state index contributed by atoms with van der Waals surface area (Å²) in [5.74, 6) is 0.289. The van der Waals surface area contributed by atoms with Crippen LogP contribution >= 0.6 is 0 Å². The van der Waals surface area contributed by atoms with Gasteiger partial charge < -0.3 is 14.8 Å². The lowest BCUT2D eigenvalue weighted by Gasteiger charge is -2.26. The van der Waals surface area contributed by atoms with Crippen molar-refractivity contribution in [1.82, 2.24) is 10.2 Å². The standard InChI is InChI=1S/C14H21N3O4/c1-20-14-3-2-12(10-13(14)17(18)19)11-15-4-5-16-6-8-21-9-7-16/h2-3,10,15H,4-9,11H2,1H3. The molecule has 1 saturated heterocycles. The predicted molar refractivity (Wildman–Crippen MR) is 78.6 cm³/mol. The zero-order chi connectivity index (χ0) is 15.1. The Hall–Kier alpha value is -1.70. The summed E-state index contributed by atoms with van der Waals surface area (Å²) in [6.45, 7) is 5.94. The van der Waals surface area contributed by atoms with Crippen LogP contribution in [0, 0.1) is 10.1 Å². The molecular weight excluding hydrogens is 274 g/mol. The molecule has 0 aromatic heterocycles. The van der Waals surface area contributed by atoms with Gasteiger partial charge in [-0.2, -0.15) is 0 Å². The molecule has 0 aliphatic carbocycles. The Kier molecular flexibility index (Phi) is 5.91. The average Bonchev–Trinajstić information content (AvgIpc) is 2.52. The zero-order valence-electron chi connectivity index (χ0n) is 12.2. The fraction of sp³-hybridized carbons (Fsp3) is 0.571. The van der Waals surface area contributed by atoms with E-state index in [1.54, 1.807) is 12.1 Å². The van der Waals surface area contributed by atoms with Crippen molar-refractivity contribution in [3.05, 3.63) is 33.9 Å². The average molecular weight is 295 g/mol. The number of benzene rings is 1. The molecule has 0 amide bonds. The number of hydrogen-bond acceptors (Lipinski definition) is 6. The lowest BCUT2D eigenvalue weighted by Crippen LogP contribution is -2.40. The minimum Gasteiger partial charge on any atom is -0.490 e. The van der Waals surface area contributed by atoms with Crippen LogP contribution in [0.25, 0.3) is 0 Å². The third-order valence-corrected chi connectivity index (χ3v) is 3.48. The van der Waals surface area contributed by atoms with Crippen LogP contribution in [0.2, 0.25) is 0 Å². The summed E-state index contributed by atoms with van der Waals surface area (Å²) < 4.78 is 10.3. The van der Waals surface area contributed by atoms with Gasteiger partial charge in [-0.05, 0) is 11.6 Å². The van der Waals surface area contributed by atoms with E-state index in [0.717, 1.165) is 45.0 Å². The number of ether oxygens (including phenoxy) is 2. The Labute approximate surface area is 124 Å². The van der Waals surface area contributed by atoms with E-state index in [0.29, 0.717) is 6.54 Å². The van der Waals surface area contributed by atoms with Crippen molar-refractivity contribution in [1.29, 1.82) is 0 Å². The lowest BCUT2D eigenvalue weighted by molar-refractivity contribution is -0.385. The number of morpholine rings is 1. The van der Waals surface area contributed by atoms with Gasteiger partial charge in [0.05, 0.1) is 25.2 Å². The summed E-state index contributed by atoms with van der Waals surface area (Å²) in [7, 11) is 1.43. The third kappa shape index (κ3) is 4.66. The van der Waals surface area contributed by atoms with Crippen LogP contribution in [-0.2, 0) is 11.3 Å². The van der Waals surface area contributed by atoms with Crippen molar-refractivity contribution in [2.75, 3.05) is 46.5 Å². The van der Waals surface area contributed by atoms with Crippen molar-refractivity contribution in [2.45, 2.75) is 6.54 Å². The van der Waals surface area contributed by atoms with Gasteiger partial charge in [0.2, 0.25) is 0 Å². The number of rotatable bonds is 7. The maximum atomic E-state index is 11.0. The molecular formula is C14H21N3O4. The molecule has 0 atom stereocenters. The van der Waals surface area contributed by atoms with Crippen LogP contribution in [0.1, 0.15) is 5.56 Å². The molecule has 1 aliphatic heterocycles. The maximum absolute atomic E-state index is 11.0. The second-order valence-corrected chi connectivity index (χ2v) is 4.89. The van der Waals surface area contributed by atoms with Crippen molar-refractivity contribution in [3.63, 3.8) is 0 Å². The molecule has 1 heterocycles. The molecule has 7 nitrogen and oxygen atoms in total. The highest BCUT2D eigenvalue weighted by atomic mass is 16.6. The first-order chi connectivity index (χ1) is 10.2. The Morgan fingerprint density at radius 2 is 2.19 bits per heavy atom. The van der Waals surface area contributed by atoms with Gasteiger partial charge in [0.15, 0.2) is 5.75 Å². The first-order valence-electron chi connectivity index (χ1n) is 7.03. The molecule has 2 rings (SSSR count). The maximum Gasteiger partial charge on any atom is 0.311 e. The van der Waals surface area contributed by atoms with Gasteiger partial charge in [0.1, 0.15) is 0 Å². The molecule has 0 spiro atoms. The Bertz CT molecular complexity index is 475. The van der Waals surface area contributed by atoms with Gasteiger partial charge in [0, 0.05) is 38.8 Å². The van der Waals surface area contributed by atoms with Gasteiger partial charge in [-0.1, -0.05) is 6.07 Å². The normalized spacial score (nSPS) is 15.9. The second-order valence-electron chi connectivity index (χ2n) is 4.89. The number of nitro groups is 1. The Morgan fingerprint density at radius 1 is 1.43 bits per heavy atom. The summed E-state index contributed by atoms with van der Waals surface area (Å²) in [6.07, 6.45) is 0. The lowest BCUT2D eigenvalue weighted by atomic mass is 10.2. The van der Waals surface area contributed by atoms with Gasteiger partial charge in [0.25, 0.3) is 0 Å². The van der Waals surface area contributed by atoms with Gasteiger partial charge in [-0.15, -0.1) is 0 Å². The molecule has 0 saturated carbocycles. The summed E-state index contributed by atoms with van der Waals surface area (Å²) in [6, 6.07) is 5.03. The SMILES string of the molecule is COc1ccc(CNCCN2CCOCC2)cc1[N+](=O)[O-]. The Balaban J connectivity index is 1.80. The van der Waals surface area contributed by atoms with Crippen molar-refractivity contribution in [2.24, 2.45) is 0 Å². The van der Waals surface area contributed by atoms with Crippen molar-refractivity contribution < 1.29 is 14.4 Å². The Morgan fingerprint density at radius 3 is 2.86 bits per heavy atom. The van der Waals surface area contributed by atoms with E-state index in [2.05, 4.69) is 10.2 Å². The number of methoxy groups -OCH3 is 1. The van der Waals surface area contributed by atoms with Crippen molar-refractivity contribution in [3.8, 4) is 5.75 Å². The van der Waals surface area contributed by atoms with Crippen LogP contribution in [0.3, 0.4) is 0 Å². The number of nitrogens with one attached hydrogen (secondary N) is 1. The van der Waals surface area contributed by atoms with Crippen molar-refractivity contribution >= 4 is 5.69 Å². The van der Waals surface area contributed by atoms with E-state index < -0.39 is 4.92 Å². The molecule has 116 valence electrons. The van der Waals surface area contributed by atoms with Gasteiger partial charge in [-0.25, -0.2) is 0 Å².